The van der Waals surface area contributed by atoms with E-state index in [0.29, 0.717) is 5.69 Å². The summed E-state index contributed by atoms with van der Waals surface area (Å²) in [6.07, 6.45) is 0. The van der Waals surface area contributed by atoms with Crippen molar-refractivity contribution in [3.63, 3.8) is 0 Å². The molecule has 0 aliphatic carbocycles. The standard InChI is InChI=1S/C27H22N3/c1-18-13-14-20-9-5-8-12-25(20)30(18)26-17-22(28-3)16-23(19(26)2)27-15-21-10-6-7-11-24(21)29(27)4/h5-17H,1-2,4H3/q+1. The van der Waals surface area contributed by atoms with E-state index < -0.39 is 0 Å². The van der Waals surface area contributed by atoms with Crippen LogP contribution in [0.25, 0.3) is 43.6 Å². The lowest BCUT2D eigenvalue weighted by Gasteiger charge is -2.13. The number of benzene rings is 3. The van der Waals surface area contributed by atoms with E-state index in [1.807, 2.05) is 12.1 Å². The molecular weight excluding hydrogens is 366 g/mol. The summed E-state index contributed by atoms with van der Waals surface area (Å²) in [4.78, 5) is 3.80. The molecule has 0 bridgehead atoms. The normalized spacial score (nSPS) is 11.1. The quantitative estimate of drug-likeness (QED) is 0.244. The van der Waals surface area contributed by atoms with Crippen LogP contribution in [-0.4, -0.2) is 4.57 Å². The largest absolute Gasteiger partial charge is 0.344 e. The molecule has 0 N–H and O–H groups in total. The third kappa shape index (κ3) is 2.69. The summed E-state index contributed by atoms with van der Waals surface area (Å²) in [7, 11) is 2.09. The Hall–Kier alpha value is -3.90. The van der Waals surface area contributed by atoms with Crippen LogP contribution in [0.5, 0.6) is 0 Å². The molecule has 0 atom stereocenters. The highest BCUT2D eigenvalue weighted by molar-refractivity contribution is 5.89. The highest BCUT2D eigenvalue weighted by atomic mass is 15.0. The van der Waals surface area contributed by atoms with Crippen molar-refractivity contribution in [3.8, 4) is 16.9 Å². The van der Waals surface area contributed by atoms with Crippen LogP contribution < -0.4 is 4.57 Å². The number of nitrogens with zero attached hydrogens (tertiary/aromatic N) is 3. The van der Waals surface area contributed by atoms with Crippen molar-refractivity contribution in [2.24, 2.45) is 7.05 Å². The van der Waals surface area contributed by atoms with Crippen LogP contribution in [-0.2, 0) is 7.05 Å². The lowest BCUT2D eigenvalue weighted by atomic mass is 10.0. The molecule has 0 aliphatic rings. The van der Waals surface area contributed by atoms with Crippen molar-refractivity contribution >= 4 is 27.5 Å². The third-order valence-electron chi connectivity index (χ3n) is 6.00. The molecule has 3 nitrogen and oxygen atoms in total. The maximum atomic E-state index is 7.72. The van der Waals surface area contributed by atoms with Gasteiger partial charge < -0.3 is 4.57 Å². The van der Waals surface area contributed by atoms with E-state index in [0.717, 1.165) is 33.7 Å². The first-order chi connectivity index (χ1) is 14.6. The van der Waals surface area contributed by atoms with Crippen LogP contribution in [0.1, 0.15) is 11.3 Å². The Morgan fingerprint density at radius 3 is 2.33 bits per heavy atom. The number of rotatable bonds is 2. The molecule has 5 rings (SSSR count). The van der Waals surface area contributed by atoms with E-state index >= 15 is 0 Å². The summed E-state index contributed by atoms with van der Waals surface area (Å²) < 4.78 is 4.49. The highest BCUT2D eigenvalue weighted by Gasteiger charge is 2.22. The Labute approximate surface area is 176 Å². The van der Waals surface area contributed by atoms with Gasteiger partial charge in [0.1, 0.15) is 0 Å². The lowest BCUT2D eigenvalue weighted by Crippen LogP contribution is -2.36. The maximum absolute atomic E-state index is 7.72. The van der Waals surface area contributed by atoms with Crippen molar-refractivity contribution in [2.75, 3.05) is 0 Å². The van der Waals surface area contributed by atoms with Crippen LogP contribution in [0.15, 0.2) is 78.9 Å². The summed E-state index contributed by atoms with van der Waals surface area (Å²) in [5.74, 6) is 0. The van der Waals surface area contributed by atoms with Gasteiger partial charge in [-0.2, -0.15) is 4.57 Å². The monoisotopic (exact) mass is 388 g/mol. The number of fused-ring (bicyclic) bond motifs is 2. The Morgan fingerprint density at radius 2 is 1.57 bits per heavy atom. The average Bonchev–Trinajstić information content (AvgIpc) is 3.11. The van der Waals surface area contributed by atoms with Crippen LogP contribution in [0, 0.1) is 20.4 Å². The van der Waals surface area contributed by atoms with Gasteiger partial charge in [-0.25, -0.2) is 4.85 Å². The molecule has 5 aromatic rings. The van der Waals surface area contributed by atoms with E-state index in [9.17, 15) is 0 Å². The van der Waals surface area contributed by atoms with Gasteiger partial charge in [-0.1, -0.05) is 30.3 Å². The Bertz CT molecular complexity index is 1480. The summed E-state index contributed by atoms with van der Waals surface area (Å²) in [6, 6.07) is 27.3. The minimum atomic E-state index is 0.649. The minimum absolute atomic E-state index is 0.649. The molecule has 30 heavy (non-hydrogen) atoms. The van der Waals surface area contributed by atoms with Crippen molar-refractivity contribution in [1.82, 2.24) is 4.57 Å². The Balaban J connectivity index is 1.86. The van der Waals surface area contributed by atoms with Crippen LogP contribution in [0.4, 0.5) is 5.69 Å². The first-order valence-corrected chi connectivity index (χ1v) is 10.1. The molecule has 3 heteroatoms. The number of aromatic nitrogens is 2. The fourth-order valence-electron chi connectivity index (χ4n) is 4.42. The van der Waals surface area contributed by atoms with Crippen molar-refractivity contribution in [1.29, 1.82) is 0 Å². The SMILES string of the molecule is [C-]#[N+]c1cc(-c2cc3ccccc3n2C)c(C)c(-[n+]2c(C)ccc3ccccc32)c1. The van der Waals surface area contributed by atoms with E-state index in [1.54, 1.807) is 0 Å². The molecule has 0 aliphatic heterocycles. The maximum Gasteiger partial charge on any atom is 0.218 e. The molecule has 0 saturated carbocycles. The molecular formula is C27H22N3+. The number of hydrogen-bond acceptors (Lipinski definition) is 0. The van der Waals surface area contributed by atoms with Gasteiger partial charge in [-0.15, -0.1) is 0 Å². The van der Waals surface area contributed by atoms with Crippen LogP contribution in [0.3, 0.4) is 0 Å². The number of hydrogen-bond donors (Lipinski definition) is 0. The highest BCUT2D eigenvalue weighted by Crippen LogP contribution is 2.34. The molecule has 2 aromatic heterocycles. The second kappa shape index (κ2) is 6.86. The molecule has 0 radical (unpaired) electrons. The molecule has 0 unspecified atom stereocenters. The van der Waals surface area contributed by atoms with E-state index in [-0.39, 0.29) is 0 Å². The zero-order valence-corrected chi connectivity index (χ0v) is 17.3. The van der Waals surface area contributed by atoms with Crippen molar-refractivity contribution < 1.29 is 4.57 Å². The van der Waals surface area contributed by atoms with Gasteiger partial charge >= 0.3 is 0 Å². The fraction of sp³-hybridized carbons (Fsp3) is 0.111. The fourth-order valence-corrected chi connectivity index (χ4v) is 4.42. The summed E-state index contributed by atoms with van der Waals surface area (Å²) >= 11 is 0. The van der Waals surface area contributed by atoms with E-state index in [4.69, 9.17) is 6.57 Å². The summed E-state index contributed by atoms with van der Waals surface area (Å²) in [6.45, 7) is 12.0. The van der Waals surface area contributed by atoms with Gasteiger partial charge in [0.15, 0.2) is 11.4 Å². The molecule has 144 valence electrons. The Morgan fingerprint density at radius 1 is 0.833 bits per heavy atom. The van der Waals surface area contributed by atoms with Crippen LogP contribution >= 0.6 is 0 Å². The van der Waals surface area contributed by atoms with Gasteiger partial charge in [-0.05, 0) is 42.8 Å². The zero-order valence-electron chi connectivity index (χ0n) is 17.3. The molecule has 0 fully saturated rings. The Kier molecular flexibility index (Phi) is 4.15. The number of aryl methyl sites for hydroxylation is 2. The van der Waals surface area contributed by atoms with Gasteiger partial charge in [0.05, 0.1) is 6.57 Å². The summed E-state index contributed by atoms with van der Waals surface area (Å²) in [5.41, 5.74) is 8.56. The van der Waals surface area contributed by atoms with Gasteiger partial charge in [-0.3, -0.25) is 0 Å². The van der Waals surface area contributed by atoms with Gasteiger partial charge in [0.25, 0.3) is 0 Å². The lowest BCUT2D eigenvalue weighted by molar-refractivity contribution is -0.574. The molecule has 0 amide bonds. The second-order valence-electron chi connectivity index (χ2n) is 7.77. The van der Waals surface area contributed by atoms with E-state index in [2.05, 4.69) is 102 Å². The van der Waals surface area contributed by atoms with Gasteiger partial charge in [0, 0.05) is 59.7 Å². The molecule has 2 heterocycles. The smallest absolute Gasteiger partial charge is 0.218 e. The predicted molar refractivity (Wildman–Crippen MR) is 123 cm³/mol. The second-order valence-corrected chi connectivity index (χ2v) is 7.77. The first-order valence-electron chi connectivity index (χ1n) is 10.1. The number of pyridine rings is 1. The van der Waals surface area contributed by atoms with Crippen LogP contribution in [0.2, 0.25) is 0 Å². The first kappa shape index (κ1) is 18.1. The van der Waals surface area contributed by atoms with Crippen molar-refractivity contribution in [2.45, 2.75) is 13.8 Å². The molecule has 0 spiro atoms. The van der Waals surface area contributed by atoms with E-state index in [1.165, 1.54) is 16.3 Å². The predicted octanol–water partition coefficient (Wildman–Crippen LogP) is 6.44. The topological polar surface area (TPSA) is 13.2 Å². The third-order valence-corrected chi connectivity index (χ3v) is 6.00. The number of para-hydroxylation sites is 2. The summed E-state index contributed by atoms with van der Waals surface area (Å²) in [5, 5.41) is 2.39. The minimum Gasteiger partial charge on any atom is -0.344 e. The molecule has 3 aromatic carbocycles. The van der Waals surface area contributed by atoms with Crippen molar-refractivity contribution in [3.05, 3.63) is 102 Å². The van der Waals surface area contributed by atoms with Gasteiger partial charge in [0.2, 0.25) is 11.2 Å². The zero-order chi connectivity index (χ0) is 20.8. The average molecular weight is 388 g/mol. The molecule has 0 saturated heterocycles.